The van der Waals surface area contributed by atoms with Gasteiger partial charge in [-0.25, -0.2) is 9.97 Å². The number of benzene rings is 1. The topological polar surface area (TPSA) is 37.8 Å². The number of nitrogens with zero attached hydrogens (tertiary/aromatic N) is 2. The Labute approximate surface area is 132 Å². The third kappa shape index (κ3) is 3.79. The van der Waals surface area contributed by atoms with E-state index in [2.05, 4.69) is 44.8 Å². The van der Waals surface area contributed by atoms with E-state index in [-0.39, 0.29) is 0 Å². The summed E-state index contributed by atoms with van der Waals surface area (Å²) in [6.45, 7) is 4.02. The van der Waals surface area contributed by atoms with Gasteiger partial charge in [-0.05, 0) is 60.2 Å². The van der Waals surface area contributed by atoms with E-state index in [0.29, 0.717) is 5.15 Å². The molecule has 2 aromatic rings. The fourth-order valence-electron chi connectivity index (χ4n) is 1.66. The molecule has 5 heteroatoms. The van der Waals surface area contributed by atoms with Gasteiger partial charge in [0, 0.05) is 21.2 Å². The van der Waals surface area contributed by atoms with Gasteiger partial charge in [0.1, 0.15) is 16.8 Å². The minimum Gasteiger partial charge on any atom is -0.340 e. The van der Waals surface area contributed by atoms with E-state index in [4.69, 9.17) is 11.6 Å². The van der Waals surface area contributed by atoms with Gasteiger partial charge in [-0.15, -0.1) is 0 Å². The molecule has 1 aromatic heterocycles. The molecule has 0 saturated carbocycles. The van der Waals surface area contributed by atoms with Crippen LogP contribution >= 0.6 is 34.2 Å². The fourth-order valence-corrected chi connectivity index (χ4v) is 2.21. The van der Waals surface area contributed by atoms with E-state index in [1.54, 1.807) is 0 Å². The number of halogens is 2. The Morgan fingerprint density at radius 3 is 2.53 bits per heavy atom. The van der Waals surface area contributed by atoms with Gasteiger partial charge in [0.05, 0.1) is 0 Å². The van der Waals surface area contributed by atoms with Gasteiger partial charge in [0.15, 0.2) is 0 Å². The molecule has 0 unspecified atom stereocenters. The molecule has 0 saturated heterocycles. The number of hydrogen-bond acceptors (Lipinski definition) is 3. The zero-order valence-corrected chi connectivity index (χ0v) is 13.8. The molecule has 19 heavy (non-hydrogen) atoms. The smallest absolute Gasteiger partial charge is 0.138 e. The molecule has 0 fully saturated rings. The van der Waals surface area contributed by atoms with Crippen molar-refractivity contribution in [1.82, 2.24) is 9.97 Å². The number of aromatic nitrogens is 2. The molecular weight excluding hydrogens is 373 g/mol. The van der Waals surface area contributed by atoms with Crippen molar-refractivity contribution in [2.45, 2.75) is 26.7 Å². The first-order valence-corrected chi connectivity index (χ1v) is 7.61. The second-order valence-corrected chi connectivity index (χ2v) is 5.89. The molecule has 100 valence electrons. The summed E-state index contributed by atoms with van der Waals surface area (Å²) in [6, 6.07) is 8.15. The van der Waals surface area contributed by atoms with Crippen molar-refractivity contribution >= 4 is 45.7 Å². The summed E-state index contributed by atoms with van der Waals surface area (Å²) in [6.07, 6.45) is 1.84. The summed E-state index contributed by atoms with van der Waals surface area (Å²) in [5.74, 6) is 1.57. The first-order chi connectivity index (χ1) is 9.10. The lowest BCUT2D eigenvalue weighted by atomic mass is 10.2. The molecule has 1 aromatic carbocycles. The SMILES string of the molecule is CCCc1nc(Cl)c(C)c(Nc2ccc(I)cc2)n1. The maximum Gasteiger partial charge on any atom is 0.138 e. The van der Waals surface area contributed by atoms with Crippen molar-refractivity contribution in [1.29, 1.82) is 0 Å². The van der Waals surface area contributed by atoms with Crippen molar-refractivity contribution in [3.05, 3.63) is 44.4 Å². The highest BCUT2D eigenvalue weighted by Gasteiger charge is 2.09. The zero-order valence-electron chi connectivity index (χ0n) is 10.9. The summed E-state index contributed by atoms with van der Waals surface area (Å²) < 4.78 is 1.20. The Hall–Kier alpha value is -0.880. The van der Waals surface area contributed by atoms with E-state index in [9.17, 15) is 0 Å². The van der Waals surface area contributed by atoms with Crippen molar-refractivity contribution in [2.24, 2.45) is 0 Å². The molecule has 0 aliphatic carbocycles. The van der Waals surface area contributed by atoms with Gasteiger partial charge >= 0.3 is 0 Å². The molecule has 0 aliphatic rings. The predicted molar refractivity (Wildman–Crippen MR) is 88.2 cm³/mol. The van der Waals surface area contributed by atoms with Gasteiger partial charge < -0.3 is 5.32 Å². The molecule has 0 bridgehead atoms. The normalized spacial score (nSPS) is 10.5. The van der Waals surface area contributed by atoms with E-state index in [1.807, 2.05) is 31.2 Å². The van der Waals surface area contributed by atoms with Crippen LogP contribution in [0, 0.1) is 10.5 Å². The van der Waals surface area contributed by atoms with E-state index < -0.39 is 0 Å². The van der Waals surface area contributed by atoms with E-state index in [0.717, 1.165) is 35.7 Å². The summed E-state index contributed by atoms with van der Waals surface area (Å²) in [7, 11) is 0. The van der Waals surface area contributed by atoms with Gasteiger partial charge in [-0.2, -0.15) is 0 Å². The van der Waals surface area contributed by atoms with E-state index in [1.165, 1.54) is 3.57 Å². The molecule has 0 radical (unpaired) electrons. The lowest BCUT2D eigenvalue weighted by molar-refractivity contribution is 0.833. The molecule has 0 atom stereocenters. The lowest BCUT2D eigenvalue weighted by Crippen LogP contribution is -2.03. The third-order valence-electron chi connectivity index (χ3n) is 2.71. The summed E-state index contributed by atoms with van der Waals surface area (Å²) in [5.41, 5.74) is 1.88. The molecule has 0 amide bonds. The van der Waals surface area contributed by atoms with Crippen LogP contribution in [-0.4, -0.2) is 9.97 Å². The van der Waals surface area contributed by atoms with Crippen LogP contribution in [0.5, 0.6) is 0 Å². The minimum atomic E-state index is 0.520. The standard InChI is InChI=1S/C14H15ClIN3/c1-3-4-12-18-13(15)9(2)14(19-12)17-11-7-5-10(16)6-8-11/h5-8H,3-4H2,1-2H3,(H,17,18,19). The molecule has 0 aliphatic heterocycles. The monoisotopic (exact) mass is 387 g/mol. The summed E-state index contributed by atoms with van der Waals surface area (Å²) in [5, 5.41) is 3.82. The maximum atomic E-state index is 6.15. The Balaban J connectivity index is 2.30. The van der Waals surface area contributed by atoms with Crippen LogP contribution in [-0.2, 0) is 6.42 Å². The zero-order chi connectivity index (χ0) is 13.8. The van der Waals surface area contributed by atoms with Crippen molar-refractivity contribution in [3.8, 4) is 0 Å². The Kier molecular flexibility index (Phi) is 4.99. The molecule has 0 spiro atoms. The Morgan fingerprint density at radius 2 is 1.89 bits per heavy atom. The van der Waals surface area contributed by atoms with Crippen LogP contribution in [0.1, 0.15) is 24.7 Å². The number of rotatable bonds is 4. The summed E-state index contributed by atoms with van der Waals surface area (Å²) in [4.78, 5) is 8.82. The highest BCUT2D eigenvalue weighted by molar-refractivity contribution is 14.1. The number of aryl methyl sites for hydroxylation is 1. The van der Waals surface area contributed by atoms with E-state index >= 15 is 0 Å². The van der Waals surface area contributed by atoms with Gasteiger partial charge in [-0.3, -0.25) is 0 Å². The molecule has 3 nitrogen and oxygen atoms in total. The Bertz CT molecular complexity index is 570. The first kappa shape index (κ1) is 14.5. The average molecular weight is 388 g/mol. The fraction of sp³-hybridized carbons (Fsp3) is 0.286. The quantitative estimate of drug-likeness (QED) is 0.608. The molecular formula is C14H15ClIN3. The highest BCUT2D eigenvalue weighted by atomic mass is 127. The third-order valence-corrected chi connectivity index (χ3v) is 3.80. The van der Waals surface area contributed by atoms with Crippen LogP contribution in [0.3, 0.4) is 0 Å². The number of anilines is 2. The first-order valence-electron chi connectivity index (χ1n) is 6.15. The maximum absolute atomic E-state index is 6.15. The highest BCUT2D eigenvalue weighted by Crippen LogP contribution is 2.24. The van der Waals surface area contributed by atoms with Crippen molar-refractivity contribution in [3.63, 3.8) is 0 Å². The largest absolute Gasteiger partial charge is 0.340 e. The predicted octanol–water partition coefficient (Wildman–Crippen LogP) is 4.74. The van der Waals surface area contributed by atoms with Crippen LogP contribution in [0.2, 0.25) is 5.15 Å². The number of hydrogen-bond donors (Lipinski definition) is 1. The van der Waals surface area contributed by atoms with Crippen LogP contribution in [0.25, 0.3) is 0 Å². The van der Waals surface area contributed by atoms with Crippen LogP contribution in [0.4, 0.5) is 11.5 Å². The van der Waals surface area contributed by atoms with Crippen LogP contribution < -0.4 is 5.32 Å². The number of nitrogens with one attached hydrogen (secondary N) is 1. The Morgan fingerprint density at radius 1 is 1.21 bits per heavy atom. The lowest BCUT2D eigenvalue weighted by Gasteiger charge is -2.11. The molecule has 1 heterocycles. The average Bonchev–Trinajstić information content (AvgIpc) is 2.38. The van der Waals surface area contributed by atoms with Crippen LogP contribution in [0.15, 0.2) is 24.3 Å². The minimum absolute atomic E-state index is 0.520. The summed E-state index contributed by atoms with van der Waals surface area (Å²) >= 11 is 8.44. The second kappa shape index (κ2) is 6.52. The molecule has 1 N–H and O–H groups in total. The van der Waals surface area contributed by atoms with Crippen molar-refractivity contribution < 1.29 is 0 Å². The second-order valence-electron chi connectivity index (χ2n) is 4.29. The van der Waals surface area contributed by atoms with Gasteiger partial charge in [-0.1, -0.05) is 18.5 Å². The van der Waals surface area contributed by atoms with Gasteiger partial charge in [0.25, 0.3) is 0 Å². The van der Waals surface area contributed by atoms with Crippen molar-refractivity contribution in [2.75, 3.05) is 5.32 Å². The molecule has 2 rings (SSSR count). The van der Waals surface area contributed by atoms with Gasteiger partial charge in [0.2, 0.25) is 0 Å².